The van der Waals surface area contributed by atoms with E-state index in [-0.39, 0.29) is 12.3 Å². The zero-order valence-electron chi connectivity index (χ0n) is 21.5. The van der Waals surface area contributed by atoms with Gasteiger partial charge in [0.15, 0.2) is 0 Å². The minimum absolute atomic E-state index is 0.0278. The van der Waals surface area contributed by atoms with E-state index in [1.807, 2.05) is 32.0 Å². The van der Waals surface area contributed by atoms with E-state index in [2.05, 4.69) is 39.5 Å². The van der Waals surface area contributed by atoms with Crippen molar-refractivity contribution in [3.05, 3.63) is 122 Å². The summed E-state index contributed by atoms with van der Waals surface area (Å²) in [5.41, 5.74) is 6.95. The Morgan fingerprint density at radius 3 is 2.68 bits per heavy atom. The summed E-state index contributed by atoms with van der Waals surface area (Å²) in [6.07, 6.45) is 4.40. The molecule has 8 nitrogen and oxygen atoms in total. The molecule has 3 heterocycles. The molecule has 5 rings (SSSR count). The molecule has 1 N–H and O–H groups in total. The number of allylic oxidation sites excluding steroid dienone is 3. The third kappa shape index (κ3) is 5.21. The number of carbonyl (C=O) groups is 1. The predicted molar refractivity (Wildman–Crippen MR) is 145 cm³/mol. The first-order valence-corrected chi connectivity index (χ1v) is 12.7. The first kappa shape index (κ1) is 25.4. The quantitative estimate of drug-likeness (QED) is 0.272. The number of non-ortho nitro benzene ring substituents is 1. The van der Waals surface area contributed by atoms with Gasteiger partial charge in [-0.25, -0.2) is 4.79 Å². The van der Waals surface area contributed by atoms with E-state index in [0.29, 0.717) is 23.4 Å². The Morgan fingerprint density at radius 1 is 1.11 bits per heavy atom. The fourth-order valence-electron chi connectivity index (χ4n) is 5.41. The maximum Gasteiger partial charge on any atom is 0.336 e. The minimum Gasteiger partial charge on any atom is -0.461 e. The number of dihydropyridines is 1. The Bertz CT molecular complexity index is 1430. The number of nitro benzene ring substituents is 1. The van der Waals surface area contributed by atoms with E-state index < -0.39 is 16.8 Å². The van der Waals surface area contributed by atoms with Crippen LogP contribution in [0.2, 0.25) is 0 Å². The van der Waals surface area contributed by atoms with E-state index >= 15 is 0 Å². The lowest BCUT2D eigenvalue weighted by atomic mass is 9.78. The molecule has 2 aromatic carbocycles. The van der Waals surface area contributed by atoms with E-state index in [0.717, 1.165) is 36.3 Å². The molecule has 0 bridgehead atoms. The number of esters is 1. The molecule has 194 valence electrons. The third-order valence-corrected chi connectivity index (χ3v) is 7.22. The van der Waals surface area contributed by atoms with Crippen LogP contribution in [0, 0.1) is 10.1 Å². The summed E-state index contributed by atoms with van der Waals surface area (Å²) in [7, 11) is 0. The highest BCUT2D eigenvalue weighted by Crippen LogP contribution is 2.44. The van der Waals surface area contributed by atoms with Crippen LogP contribution in [0.4, 0.5) is 5.69 Å². The molecule has 0 spiro atoms. The van der Waals surface area contributed by atoms with Gasteiger partial charge in [-0.3, -0.25) is 20.0 Å². The van der Waals surface area contributed by atoms with Crippen molar-refractivity contribution in [1.82, 2.24) is 15.2 Å². The van der Waals surface area contributed by atoms with Gasteiger partial charge in [0, 0.05) is 61.5 Å². The molecule has 1 unspecified atom stereocenters. The normalized spacial score (nSPS) is 17.6. The van der Waals surface area contributed by atoms with Crippen LogP contribution in [-0.4, -0.2) is 40.5 Å². The van der Waals surface area contributed by atoms with E-state index in [4.69, 9.17) is 4.74 Å². The van der Waals surface area contributed by atoms with E-state index in [9.17, 15) is 14.9 Å². The summed E-state index contributed by atoms with van der Waals surface area (Å²) in [5.74, 6) is -0.979. The summed E-state index contributed by atoms with van der Waals surface area (Å²) >= 11 is 0. The first-order chi connectivity index (χ1) is 18.4. The SMILES string of the molecule is CC1=C(C(=O)OCCN2CCc3ccccc3C2)C(c2cccc([N+](=O)[O-])c2)C(c2cccnc2)=C(C)N1. The van der Waals surface area contributed by atoms with Crippen LogP contribution in [0.15, 0.2) is 90.0 Å². The number of aromatic nitrogens is 1. The second-order valence-electron chi connectivity index (χ2n) is 9.66. The van der Waals surface area contributed by atoms with E-state index in [1.165, 1.54) is 23.3 Å². The molecule has 38 heavy (non-hydrogen) atoms. The zero-order chi connectivity index (χ0) is 26.6. The van der Waals surface area contributed by atoms with Crippen LogP contribution in [0.1, 0.15) is 42.0 Å². The van der Waals surface area contributed by atoms with Crippen LogP contribution in [0.3, 0.4) is 0 Å². The van der Waals surface area contributed by atoms with Gasteiger partial charge in [0.1, 0.15) is 6.61 Å². The molecule has 0 radical (unpaired) electrons. The van der Waals surface area contributed by atoms with Gasteiger partial charge in [-0.05, 0) is 54.2 Å². The molecule has 1 aromatic heterocycles. The summed E-state index contributed by atoms with van der Waals surface area (Å²) < 4.78 is 5.84. The number of nitrogens with one attached hydrogen (secondary N) is 1. The Morgan fingerprint density at radius 2 is 1.92 bits per heavy atom. The van der Waals surface area contributed by atoms with E-state index in [1.54, 1.807) is 18.5 Å². The van der Waals surface area contributed by atoms with Crippen molar-refractivity contribution >= 4 is 17.2 Å². The molecule has 0 fully saturated rings. The van der Waals surface area contributed by atoms with Crippen LogP contribution in [0.25, 0.3) is 5.57 Å². The van der Waals surface area contributed by atoms with Crippen molar-refractivity contribution in [2.24, 2.45) is 0 Å². The molecule has 0 saturated carbocycles. The van der Waals surface area contributed by atoms with Gasteiger partial charge in [0.25, 0.3) is 5.69 Å². The maximum atomic E-state index is 13.6. The summed E-state index contributed by atoms with van der Waals surface area (Å²) in [5, 5.41) is 14.9. The van der Waals surface area contributed by atoms with Crippen molar-refractivity contribution in [2.75, 3.05) is 19.7 Å². The Hall–Kier alpha value is -4.30. The van der Waals surface area contributed by atoms with Gasteiger partial charge >= 0.3 is 5.97 Å². The lowest BCUT2D eigenvalue weighted by Gasteiger charge is -2.32. The number of fused-ring (bicyclic) bond motifs is 1. The van der Waals surface area contributed by atoms with Gasteiger partial charge in [0.2, 0.25) is 0 Å². The number of hydrogen-bond donors (Lipinski definition) is 1. The number of nitrogens with zero attached hydrogens (tertiary/aromatic N) is 3. The second-order valence-corrected chi connectivity index (χ2v) is 9.66. The van der Waals surface area contributed by atoms with Crippen molar-refractivity contribution in [3.8, 4) is 0 Å². The summed E-state index contributed by atoms with van der Waals surface area (Å²) in [6, 6.07) is 18.7. The van der Waals surface area contributed by atoms with Gasteiger partial charge in [-0.1, -0.05) is 42.5 Å². The number of carbonyl (C=O) groups excluding carboxylic acids is 1. The Kier molecular flexibility index (Phi) is 7.33. The zero-order valence-corrected chi connectivity index (χ0v) is 21.5. The number of ether oxygens (including phenoxy) is 1. The van der Waals surface area contributed by atoms with Gasteiger partial charge < -0.3 is 10.1 Å². The fourth-order valence-corrected chi connectivity index (χ4v) is 5.41. The highest BCUT2D eigenvalue weighted by atomic mass is 16.6. The van der Waals surface area contributed by atoms with Gasteiger partial charge in [-0.15, -0.1) is 0 Å². The minimum atomic E-state index is -0.547. The highest BCUT2D eigenvalue weighted by molar-refractivity contribution is 5.97. The Labute approximate surface area is 221 Å². The number of benzene rings is 2. The molecule has 1 atom stereocenters. The van der Waals surface area contributed by atoms with Crippen LogP contribution in [-0.2, 0) is 22.5 Å². The molecular formula is C30H30N4O4. The fraction of sp³-hybridized carbons (Fsp3) is 0.267. The number of rotatable bonds is 7. The number of pyridine rings is 1. The summed E-state index contributed by atoms with van der Waals surface area (Å²) in [6.45, 7) is 6.41. The van der Waals surface area contributed by atoms with Crippen LogP contribution >= 0.6 is 0 Å². The lowest BCUT2D eigenvalue weighted by Crippen LogP contribution is -2.34. The average Bonchev–Trinajstić information content (AvgIpc) is 2.93. The standard InChI is InChI=1S/C30H30N4O4/c1-20-27(24-10-6-13-31-18-24)29(23-9-5-11-26(17-23)34(36)37)28(21(2)32-20)30(35)38-16-15-33-14-12-22-7-3-4-8-25(22)19-33/h3-11,13,17-18,29,32H,12,14-16,19H2,1-2H3. The Balaban J connectivity index is 1.40. The topological polar surface area (TPSA) is 97.6 Å². The smallest absolute Gasteiger partial charge is 0.336 e. The first-order valence-electron chi connectivity index (χ1n) is 12.7. The lowest BCUT2D eigenvalue weighted by molar-refractivity contribution is -0.384. The van der Waals surface area contributed by atoms with Crippen molar-refractivity contribution < 1.29 is 14.5 Å². The van der Waals surface area contributed by atoms with Crippen LogP contribution < -0.4 is 5.32 Å². The largest absolute Gasteiger partial charge is 0.461 e. The highest BCUT2D eigenvalue weighted by Gasteiger charge is 2.35. The molecule has 0 saturated heterocycles. The van der Waals surface area contributed by atoms with Gasteiger partial charge in [-0.2, -0.15) is 0 Å². The third-order valence-electron chi connectivity index (χ3n) is 7.22. The predicted octanol–water partition coefficient (Wildman–Crippen LogP) is 4.98. The molecule has 3 aromatic rings. The van der Waals surface area contributed by atoms with Crippen molar-refractivity contribution in [1.29, 1.82) is 0 Å². The molecule has 0 aliphatic carbocycles. The number of hydrogen-bond acceptors (Lipinski definition) is 7. The molecular weight excluding hydrogens is 480 g/mol. The van der Waals surface area contributed by atoms with Crippen molar-refractivity contribution in [3.63, 3.8) is 0 Å². The summed E-state index contributed by atoms with van der Waals surface area (Å²) in [4.78, 5) is 31.3. The molecule has 2 aliphatic rings. The monoisotopic (exact) mass is 510 g/mol. The average molecular weight is 511 g/mol. The maximum absolute atomic E-state index is 13.6. The van der Waals surface area contributed by atoms with Crippen molar-refractivity contribution in [2.45, 2.75) is 32.7 Å². The van der Waals surface area contributed by atoms with Gasteiger partial charge in [0.05, 0.1) is 10.5 Å². The molecule has 0 amide bonds. The molecule has 8 heteroatoms. The number of nitro groups is 1. The molecule has 2 aliphatic heterocycles. The van der Waals surface area contributed by atoms with Crippen LogP contribution in [0.5, 0.6) is 0 Å². The second kappa shape index (κ2) is 11.0.